The lowest BCUT2D eigenvalue weighted by molar-refractivity contribution is -0.274. The number of aromatic nitrogens is 1. The second-order valence-corrected chi connectivity index (χ2v) is 6.09. The molecule has 0 aliphatic rings. The summed E-state index contributed by atoms with van der Waals surface area (Å²) in [6, 6.07) is 7.12. The van der Waals surface area contributed by atoms with Crippen LogP contribution in [0, 0.1) is 0 Å². The standard InChI is InChI=1S/C17H17F3N2O3/c1-16(2,3)25-15(23)22-13-10-21-9-8-11(13)12-6-4-5-7-14(12)24-17(18,19)20/h4-10H,1-3H3,(H,22,23). The third-order valence-corrected chi connectivity index (χ3v) is 2.86. The van der Waals surface area contributed by atoms with E-state index in [1.807, 2.05) is 0 Å². The molecule has 0 bridgehead atoms. The van der Waals surface area contributed by atoms with Crippen LogP contribution in [0.2, 0.25) is 0 Å². The van der Waals surface area contributed by atoms with Crippen molar-refractivity contribution in [1.82, 2.24) is 4.98 Å². The van der Waals surface area contributed by atoms with Crippen LogP contribution in [0.25, 0.3) is 11.1 Å². The van der Waals surface area contributed by atoms with Crippen LogP contribution in [0.4, 0.5) is 23.7 Å². The Morgan fingerprint density at radius 2 is 1.76 bits per heavy atom. The Balaban J connectivity index is 2.37. The number of rotatable bonds is 3. The molecule has 134 valence electrons. The van der Waals surface area contributed by atoms with E-state index in [-0.39, 0.29) is 17.0 Å². The van der Waals surface area contributed by atoms with Gasteiger partial charge in [0.25, 0.3) is 0 Å². The van der Waals surface area contributed by atoms with E-state index in [1.54, 1.807) is 26.8 Å². The molecule has 1 N–H and O–H groups in total. The molecule has 0 aliphatic heterocycles. The molecule has 1 amide bonds. The van der Waals surface area contributed by atoms with Crippen molar-refractivity contribution in [2.45, 2.75) is 32.7 Å². The topological polar surface area (TPSA) is 60.5 Å². The van der Waals surface area contributed by atoms with Crippen molar-refractivity contribution in [3.63, 3.8) is 0 Å². The van der Waals surface area contributed by atoms with Gasteiger partial charge >= 0.3 is 12.5 Å². The number of para-hydroxylation sites is 1. The lowest BCUT2D eigenvalue weighted by Crippen LogP contribution is -2.27. The molecule has 1 aromatic carbocycles. The molecule has 0 saturated heterocycles. The number of nitrogens with one attached hydrogen (secondary N) is 1. The number of amides is 1. The van der Waals surface area contributed by atoms with Crippen LogP contribution < -0.4 is 10.1 Å². The number of hydrogen-bond acceptors (Lipinski definition) is 4. The number of halogens is 3. The van der Waals surface area contributed by atoms with Crippen molar-refractivity contribution in [1.29, 1.82) is 0 Å². The zero-order valence-corrected chi connectivity index (χ0v) is 13.8. The van der Waals surface area contributed by atoms with Gasteiger partial charge in [-0.3, -0.25) is 10.3 Å². The van der Waals surface area contributed by atoms with Gasteiger partial charge in [0, 0.05) is 17.3 Å². The van der Waals surface area contributed by atoms with E-state index in [0.29, 0.717) is 5.56 Å². The molecule has 25 heavy (non-hydrogen) atoms. The Hall–Kier alpha value is -2.77. The first kappa shape index (κ1) is 18.6. The first-order valence-electron chi connectivity index (χ1n) is 7.34. The summed E-state index contributed by atoms with van der Waals surface area (Å²) in [6.07, 6.45) is -2.85. The van der Waals surface area contributed by atoms with Crippen LogP contribution in [0.15, 0.2) is 42.7 Å². The number of pyridine rings is 1. The fourth-order valence-corrected chi connectivity index (χ4v) is 2.05. The predicted octanol–water partition coefficient (Wildman–Crippen LogP) is 4.99. The fourth-order valence-electron chi connectivity index (χ4n) is 2.05. The van der Waals surface area contributed by atoms with Gasteiger partial charge in [-0.25, -0.2) is 4.79 Å². The van der Waals surface area contributed by atoms with Crippen LogP contribution in [0.3, 0.4) is 0 Å². The summed E-state index contributed by atoms with van der Waals surface area (Å²) < 4.78 is 47.0. The summed E-state index contributed by atoms with van der Waals surface area (Å²) in [4.78, 5) is 15.8. The summed E-state index contributed by atoms with van der Waals surface area (Å²) in [5, 5.41) is 2.50. The van der Waals surface area contributed by atoms with Crippen LogP contribution in [-0.4, -0.2) is 23.0 Å². The zero-order chi connectivity index (χ0) is 18.7. The molecule has 0 atom stereocenters. The molecule has 0 fully saturated rings. The van der Waals surface area contributed by atoms with Crippen molar-refractivity contribution in [2.24, 2.45) is 0 Å². The van der Waals surface area contributed by atoms with Crippen LogP contribution in [-0.2, 0) is 4.74 Å². The minimum Gasteiger partial charge on any atom is -0.444 e. The largest absolute Gasteiger partial charge is 0.573 e. The molecule has 0 aliphatic carbocycles. The van der Waals surface area contributed by atoms with Gasteiger partial charge in [-0.1, -0.05) is 18.2 Å². The SMILES string of the molecule is CC(C)(C)OC(=O)Nc1cnccc1-c1ccccc1OC(F)(F)F. The molecule has 8 heteroatoms. The van der Waals surface area contributed by atoms with E-state index in [2.05, 4.69) is 15.0 Å². The van der Waals surface area contributed by atoms with Gasteiger partial charge in [0.1, 0.15) is 11.4 Å². The lowest BCUT2D eigenvalue weighted by atomic mass is 10.0. The highest BCUT2D eigenvalue weighted by Gasteiger charge is 2.32. The van der Waals surface area contributed by atoms with Crippen molar-refractivity contribution in [3.05, 3.63) is 42.7 Å². The van der Waals surface area contributed by atoms with Gasteiger partial charge in [-0.15, -0.1) is 13.2 Å². The number of carbonyl (C=O) groups excluding carboxylic acids is 1. The molecular formula is C17H17F3N2O3. The number of benzene rings is 1. The van der Waals surface area contributed by atoms with E-state index in [4.69, 9.17) is 4.74 Å². The summed E-state index contributed by atoms with van der Waals surface area (Å²) in [5.74, 6) is -0.381. The molecule has 0 radical (unpaired) electrons. The van der Waals surface area contributed by atoms with E-state index in [1.165, 1.54) is 36.7 Å². The molecule has 0 unspecified atom stereocenters. The first-order chi connectivity index (χ1) is 11.6. The Kier molecular flexibility index (Phi) is 5.20. The summed E-state index contributed by atoms with van der Waals surface area (Å²) >= 11 is 0. The zero-order valence-electron chi connectivity index (χ0n) is 13.8. The van der Waals surface area contributed by atoms with Crippen LogP contribution in [0.1, 0.15) is 20.8 Å². The molecule has 0 spiro atoms. The number of nitrogens with zero attached hydrogens (tertiary/aromatic N) is 1. The maximum Gasteiger partial charge on any atom is 0.573 e. The van der Waals surface area contributed by atoms with Crippen LogP contribution >= 0.6 is 0 Å². The van der Waals surface area contributed by atoms with E-state index >= 15 is 0 Å². The van der Waals surface area contributed by atoms with Crippen molar-refractivity contribution < 1.29 is 27.4 Å². The second-order valence-electron chi connectivity index (χ2n) is 6.09. The van der Waals surface area contributed by atoms with E-state index in [9.17, 15) is 18.0 Å². The van der Waals surface area contributed by atoms with Gasteiger partial charge < -0.3 is 9.47 Å². The molecule has 1 heterocycles. The smallest absolute Gasteiger partial charge is 0.444 e. The molecule has 5 nitrogen and oxygen atoms in total. The Labute approximate surface area is 142 Å². The quantitative estimate of drug-likeness (QED) is 0.843. The average molecular weight is 354 g/mol. The minimum atomic E-state index is -4.83. The van der Waals surface area contributed by atoms with Gasteiger partial charge in [0.15, 0.2) is 0 Å². The Morgan fingerprint density at radius 1 is 1.08 bits per heavy atom. The number of anilines is 1. The first-order valence-corrected chi connectivity index (χ1v) is 7.34. The van der Waals surface area contributed by atoms with Gasteiger partial charge in [0.05, 0.1) is 11.9 Å². The van der Waals surface area contributed by atoms with Gasteiger partial charge in [-0.05, 0) is 32.9 Å². The number of carbonyl (C=O) groups is 1. The highest BCUT2D eigenvalue weighted by atomic mass is 19.4. The Morgan fingerprint density at radius 3 is 2.40 bits per heavy atom. The van der Waals surface area contributed by atoms with Crippen molar-refractivity contribution in [2.75, 3.05) is 5.32 Å². The number of ether oxygens (including phenoxy) is 2. The normalized spacial score (nSPS) is 11.8. The summed E-state index contributed by atoms with van der Waals surface area (Å²) in [6.45, 7) is 5.09. The molecule has 1 aromatic heterocycles. The predicted molar refractivity (Wildman–Crippen MR) is 86.2 cm³/mol. The minimum absolute atomic E-state index is 0.160. The van der Waals surface area contributed by atoms with E-state index in [0.717, 1.165) is 0 Å². The highest BCUT2D eigenvalue weighted by molar-refractivity contribution is 5.92. The number of hydrogen-bond donors (Lipinski definition) is 1. The van der Waals surface area contributed by atoms with Gasteiger partial charge in [0.2, 0.25) is 0 Å². The molecule has 2 aromatic rings. The van der Waals surface area contributed by atoms with Crippen LogP contribution in [0.5, 0.6) is 5.75 Å². The van der Waals surface area contributed by atoms with Crippen molar-refractivity contribution in [3.8, 4) is 16.9 Å². The third-order valence-electron chi connectivity index (χ3n) is 2.86. The average Bonchev–Trinajstić information content (AvgIpc) is 2.45. The highest BCUT2D eigenvalue weighted by Crippen LogP contribution is 2.37. The molecular weight excluding hydrogens is 337 g/mol. The van der Waals surface area contributed by atoms with Crippen molar-refractivity contribution >= 4 is 11.8 Å². The van der Waals surface area contributed by atoms with E-state index < -0.39 is 18.1 Å². The summed E-state index contributed by atoms with van der Waals surface area (Å²) in [7, 11) is 0. The monoisotopic (exact) mass is 354 g/mol. The number of alkyl halides is 3. The maximum absolute atomic E-state index is 12.6. The lowest BCUT2D eigenvalue weighted by Gasteiger charge is -2.20. The maximum atomic E-state index is 12.6. The second kappa shape index (κ2) is 7.00. The molecule has 0 saturated carbocycles. The summed E-state index contributed by atoms with van der Waals surface area (Å²) in [5.41, 5.74) is -0.0343. The fraction of sp³-hybridized carbons (Fsp3) is 0.294. The van der Waals surface area contributed by atoms with Gasteiger partial charge in [-0.2, -0.15) is 0 Å². The Bertz CT molecular complexity index is 755. The third kappa shape index (κ3) is 5.66. The molecule has 2 rings (SSSR count).